The van der Waals surface area contributed by atoms with Gasteiger partial charge in [0, 0.05) is 30.8 Å². The first-order chi connectivity index (χ1) is 15.2. The molecule has 1 aliphatic heterocycles. The molecule has 0 aromatic heterocycles. The molecule has 1 fully saturated rings. The fourth-order valence-corrected chi connectivity index (χ4v) is 4.87. The summed E-state index contributed by atoms with van der Waals surface area (Å²) in [6, 6.07) is 7.69. The smallest absolute Gasteiger partial charge is 0.251 e. The predicted molar refractivity (Wildman–Crippen MR) is 133 cm³/mol. The van der Waals surface area contributed by atoms with Gasteiger partial charge in [0.1, 0.15) is 0 Å². The van der Waals surface area contributed by atoms with Crippen LogP contribution in [0.1, 0.15) is 95.0 Å². The third-order valence-corrected chi connectivity index (χ3v) is 7.12. The van der Waals surface area contributed by atoms with Crippen LogP contribution in [0.15, 0.2) is 24.3 Å². The average Bonchev–Trinajstić information content (AvgIpc) is 3.02. The Morgan fingerprint density at radius 1 is 1.03 bits per heavy atom. The second-order valence-electron chi connectivity index (χ2n) is 9.65. The lowest BCUT2D eigenvalue weighted by Gasteiger charge is -2.19. The molecular weight excluding hydrogens is 420 g/mol. The van der Waals surface area contributed by atoms with E-state index in [0.717, 1.165) is 12.8 Å². The Morgan fingerprint density at radius 2 is 1.66 bits per heavy atom. The minimum absolute atomic E-state index is 0.0542. The zero-order valence-electron chi connectivity index (χ0n) is 20.2. The van der Waals surface area contributed by atoms with Gasteiger partial charge in [0.2, 0.25) is 11.8 Å². The number of rotatable bonds is 13. The lowest BCUT2D eigenvalue weighted by molar-refractivity contribution is -0.138. The highest BCUT2D eigenvalue weighted by Gasteiger charge is 2.38. The highest BCUT2D eigenvalue weighted by Crippen LogP contribution is 2.25. The van der Waals surface area contributed by atoms with Gasteiger partial charge in [0.25, 0.3) is 5.91 Å². The van der Waals surface area contributed by atoms with Gasteiger partial charge >= 0.3 is 0 Å². The van der Waals surface area contributed by atoms with Crippen molar-refractivity contribution in [2.75, 3.05) is 18.8 Å². The quantitative estimate of drug-likeness (QED) is 0.319. The van der Waals surface area contributed by atoms with Crippen molar-refractivity contribution in [3.63, 3.8) is 0 Å². The van der Waals surface area contributed by atoms with E-state index in [1.165, 1.54) is 54.3 Å². The number of amides is 3. The van der Waals surface area contributed by atoms with Crippen LogP contribution in [0, 0.1) is 0 Å². The van der Waals surface area contributed by atoms with Gasteiger partial charge in [-0.1, -0.05) is 78.4 Å². The molecule has 0 aliphatic carbocycles. The van der Waals surface area contributed by atoms with Crippen molar-refractivity contribution in [1.29, 1.82) is 0 Å². The SMILES string of the molecule is CCCCCCCCCN1C(=O)CC(SCCNC(=O)c2ccc(C(C)(C)C)cc2)C1=O. The summed E-state index contributed by atoms with van der Waals surface area (Å²) in [5.74, 6) is 0.387. The summed E-state index contributed by atoms with van der Waals surface area (Å²) in [7, 11) is 0. The number of benzene rings is 1. The van der Waals surface area contributed by atoms with Gasteiger partial charge in [-0.2, -0.15) is 0 Å². The third kappa shape index (κ3) is 8.27. The van der Waals surface area contributed by atoms with Crippen molar-refractivity contribution in [3.05, 3.63) is 35.4 Å². The van der Waals surface area contributed by atoms with Gasteiger partial charge in [-0.15, -0.1) is 11.8 Å². The Morgan fingerprint density at radius 3 is 2.28 bits per heavy atom. The summed E-state index contributed by atoms with van der Waals surface area (Å²) in [5.41, 5.74) is 1.88. The summed E-state index contributed by atoms with van der Waals surface area (Å²) < 4.78 is 0. The van der Waals surface area contributed by atoms with Crippen LogP contribution in [0.4, 0.5) is 0 Å². The van der Waals surface area contributed by atoms with Gasteiger partial charge in [-0.25, -0.2) is 0 Å². The number of imide groups is 1. The summed E-state index contributed by atoms with van der Waals surface area (Å²) in [6.07, 6.45) is 8.45. The maximum atomic E-state index is 12.6. The lowest BCUT2D eigenvalue weighted by atomic mass is 9.87. The molecule has 1 heterocycles. The highest BCUT2D eigenvalue weighted by molar-refractivity contribution is 8.00. The maximum absolute atomic E-state index is 12.6. The first-order valence-corrected chi connectivity index (χ1v) is 13.1. The molecule has 0 bridgehead atoms. The van der Waals surface area contributed by atoms with E-state index in [4.69, 9.17) is 0 Å². The molecule has 2 rings (SSSR count). The minimum atomic E-state index is -0.310. The van der Waals surface area contributed by atoms with E-state index in [-0.39, 0.29) is 34.8 Å². The standard InChI is InChI=1S/C26H40N2O3S/c1-5-6-7-8-9-10-11-17-28-23(29)19-22(25(28)31)32-18-16-27-24(30)20-12-14-21(15-13-20)26(2,3)4/h12-15,22H,5-11,16-19H2,1-4H3,(H,27,30). The van der Waals surface area contributed by atoms with E-state index < -0.39 is 0 Å². The first-order valence-electron chi connectivity index (χ1n) is 12.1. The molecule has 32 heavy (non-hydrogen) atoms. The van der Waals surface area contributed by atoms with Crippen LogP contribution in [-0.2, 0) is 15.0 Å². The largest absolute Gasteiger partial charge is 0.351 e. The number of hydrogen-bond acceptors (Lipinski definition) is 4. The van der Waals surface area contributed by atoms with Crippen molar-refractivity contribution >= 4 is 29.5 Å². The number of carbonyl (C=O) groups excluding carboxylic acids is 3. The number of thioether (sulfide) groups is 1. The normalized spacial score (nSPS) is 16.6. The van der Waals surface area contributed by atoms with E-state index in [0.29, 0.717) is 24.4 Å². The number of likely N-dealkylation sites (tertiary alicyclic amines) is 1. The maximum Gasteiger partial charge on any atom is 0.251 e. The van der Waals surface area contributed by atoms with Gasteiger partial charge in [-0.3, -0.25) is 19.3 Å². The summed E-state index contributed by atoms with van der Waals surface area (Å²) in [6.45, 7) is 9.65. The van der Waals surface area contributed by atoms with Gasteiger partial charge < -0.3 is 5.32 Å². The van der Waals surface area contributed by atoms with E-state index in [2.05, 4.69) is 33.0 Å². The number of nitrogens with one attached hydrogen (secondary N) is 1. The Hall–Kier alpha value is -1.82. The van der Waals surface area contributed by atoms with Crippen molar-refractivity contribution in [2.24, 2.45) is 0 Å². The van der Waals surface area contributed by atoms with Crippen molar-refractivity contribution < 1.29 is 14.4 Å². The lowest BCUT2D eigenvalue weighted by Crippen LogP contribution is -2.32. The Kier molecular flexibility index (Phi) is 10.8. The fraction of sp³-hybridized carbons (Fsp3) is 0.654. The summed E-state index contributed by atoms with van der Waals surface area (Å²) in [5, 5.41) is 2.60. The topological polar surface area (TPSA) is 66.5 Å². The zero-order chi connectivity index (χ0) is 23.6. The second-order valence-corrected chi connectivity index (χ2v) is 11.0. The molecule has 5 nitrogen and oxygen atoms in total. The summed E-state index contributed by atoms with van der Waals surface area (Å²) >= 11 is 1.47. The van der Waals surface area contributed by atoms with Gasteiger partial charge in [0.05, 0.1) is 5.25 Å². The van der Waals surface area contributed by atoms with Crippen molar-refractivity contribution in [1.82, 2.24) is 10.2 Å². The van der Waals surface area contributed by atoms with Crippen molar-refractivity contribution in [2.45, 2.75) is 89.7 Å². The number of unbranched alkanes of at least 4 members (excludes halogenated alkanes) is 6. The van der Waals surface area contributed by atoms with Crippen molar-refractivity contribution in [3.8, 4) is 0 Å². The molecular formula is C26H40N2O3S. The average molecular weight is 461 g/mol. The summed E-state index contributed by atoms with van der Waals surface area (Å²) in [4.78, 5) is 38.6. The highest BCUT2D eigenvalue weighted by atomic mass is 32.2. The first kappa shape index (κ1) is 26.4. The molecule has 178 valence electrons. The van der Waals surface area contributed by atoms with Crippen LogP contribution in [0.3, 0.4) is 0 Å². The number of nitrogens with zero attached hydrogens (tertiary/aromatic N) is 1. The second kappa shape index (κ2) is 13.0. The van der Waals surface area contributed by atoms with E-state index in [1.54, 1.807) is 0 Å². The molecule has 1 atom stereocenters. The molecule has 1 unspecified atom stereocenters. The molecule has 3 amide bonds. The number of hydrogen-bond donors (Lipinski definition) is 1. The van der Waals surface area contributed by atoms with Gasteiger partial charge in [0.15, 0.2) is 0 Å². The van der Waals surface area contributed by atoms with Crippen LogP contribution in [0.5, 0.6) is 0 Å². The molecule has 6 heteroatoms. The minimum Gasteiger partial charge on any atom is -0.351 e. The van der Waals surface area contributed by atoms with Crippen LogP contribution in [-0.4, -0.2) is 46.7 Å². The molecule has 1 aliphatic rings. The Bertz CT molecular complexity index is 755. The van der Waals surface area contributed by atoms with Crippen LogP contribution in [0.2, 0.25) is 0 Å². The monoisotopic (exact) mass is 460 g/mol. The fourth-order valence-electron chi connectivity index (χ4n) is 3.83. The molecule has 0 spiro atoms. The molecule has 1 aromatic rings. The van der Waals surface area contributed by atoms with Crippen LogP contribution >= 0.6 is 11.8 Å². The Labute approximate surface area is 198 Å². The van der Waals surface area contributed by atoms with E-state index in [1.807, 2.05) is 24.3 Å². The van der Waals surface area contributed by atoms with E-state index in [9.17, 15) is 14.4 Å². The van der Waals surface area contributed by atoms with Crippen LogP contribution in [0.25, 0.3) is 0 Å². The van der Waals surface area contributed by atoms with Crippen LogP contribution < -0.4 is 5.32 Å². The molecule has 1 aromatic carbocycles. The van der Waals surface area contributed by atoms with Gasteiger partial charge in [-0.05, 0) is 29.5 Å². The Balaban J connectivity index is 1.66. The predicted octanol–water partition coefficient (Wildman–Crippen LogP) is 5.33. The van der Waals surface area contributed by atoms with E-state index >= 15 is 0 Å². The molecule has 0 radical (unpaired) electrons. The zero-order valence-corrected chi connectivity index (χ0v) is 21.1. The number of carbonyl (C=O) groups is 3. The molecule has 0 saturated carbocycles. The third-order valence-electron chi connectivity index (χ3n) is 5.91. The molecule has 1 N–H and O–H groups in total. The molecule has 1 saturated heterocycles.